The molecule has 0 bridgehead atoms. The summed E-state index contributed by atoms with van der Waals surface area (Å²) >= 11 is 7.72. The Balaban J connectivity index is 2.01. The van der Waals surface area contributed by atoms with Crippen LogP contribution in [0.2, 0.25) is 5.02 Å². The Bertz CT molecular complexity index is 366. The van der Waals surface area contributed by atoms with Gasteiger partial charge in [0.1, 0.15) is 0 Å². The Hall–Kier alpha value is -0.460. The van der Waals surface area contributed by atoms with Gasteiger partial charge in [0.2, 0.25) is 0 Å². The third kappa shape index (κ3) is 7.64. The van der Waals surface area contributed by atoms with Crippen LogP contribution in [0.3, 0.4) is 0 Å². The molecule has 0 saturated heterocycles. The number of ether oxygens (including phenoxy) is 3. The fourth-order valence-electron chi connectivity index (χ4n) is 1.31. The smallest absolute Gasteiger partial charge is 0.0701 e. The van der Waals surface area contributed by atoms with Crippen molar-refractivity contribution in [2.24, 2.45) is 0 Å². The minimum absolute atomic E-state index is 0.594. The zero-order valence-corrected chi connectivity index (χ0v) is 12.6. The topological polar surface area (TPSA) is 53.7 Å². The van der Waals surface area contributed by atoms with E-state index >= 15 is 0 Å². The van der Waals surface area contributed by atoms with E-state index in [1.807, 2.05) is 12.1 Å². The van der Waals surface area contributed by atoms with Crippen molar-refractivity contribution in [1.82, 2.24) is 0 Å². The normalized spacial score (nSPS) is 10.8. The third-order valence-electron chi connectivity index (χ3n) is 2.24. The number of methoxy groups -OCH3 is 1. The van der Waals surface area contributed by atoms with E-state index in [1.165, 1.54) is 0 Å². The van der Waals surface area contributed by atoms with Crippen molar-refractivity contribution in [1.29, 1.82) is 0 Å². The number of nitrogen functional groups attached to an aromatic ring is 1. The maximum atomic E-state index is 6.07. The maximum absolute atomic E-state index is 6.07. The van der Waals surface area contributed by atoms with E-state index in [9.17, 15) is 0 Å². The van der Waals surface area contributed by atoms with Crippen LogP contribution in [-0.2, 0) is 14.2 Å². The fraction of sp³-hybridized carbons (Fsp3) is 0.538. The first kappa shape index (κ1) is 16.6. The van der Waals surface area contributed by atoms with Crippen molar-refractivity contribution in [3.05, 3.63) is 23.2 Å². The standard InChI is InChI=1S/C13H20ClNO3S/c1-16-4-5-17-6-7-18-8-9-19-13-3-2-11(15)10-12(13)14/h2-3,10H,4-9,15H2,1H3. The number of anilines is 1. The number of nitrogens with two attached hydrogens (primary N) is 1. The SMILES string of the molecule is COCCOCCOCCSc1ccc(N)cc1Cl. The second-order valence-corrected chi connectivity index (χ2v) is 5.30. The molecule has 0 aromatic heterocycles. The highest BCUT2D eigenvalue weighted by molar-refractivity contribution is 7.99. The minimum Gasteiger partial charge on any atom is -0.399 e. The predicted octanol–water partition coefficient (Wildman–Crippen LogP) is 2.69. The molecule has 0 fully saturated rings. The number of rotatable bonds is 10. The Morgan fingerprint density at radius 2 is 1.79 bits per heavy atom. The number of hydrogen-bond acceptors (Lipinski definition) is 5. The van der Waals surface area contributed by atoms with E-state index in [2.05, 4.69) is 0 Å². The van der Waals surface area contributed by atoms with E-state index in [-0.39, 0.29) is 0 Å². The first-order valence-corrected chi connectivity index (χ1v) is 7.42. The quantitative estimate of drug-likeness (QED) is 0.409. The van der Waals surface area contributed by atoms with Crippen LogP contribution in [0.5, 0.6) is 0 Å². The molecule has 0 aliphatic carbocycles. The third-order valence-corrected chi connectivity index (χ3v) is 3.71. The molecule has 108 valence electrons. The van der Waals surface area contributed by atoms with Crippen molar-refractivity contribution in [3.8, 4) is 0 Å². The molecular weight excluding hydrogens is 286 g/mol. The molecule has 0 atom stereocenters. The van der Waals surface area contributed by atoms with Gasteiger partial charge in [-0.05, 0) is 18.2 Å². The summed E-state index contributed by atoms with van der Waals surface area (Å²) in [7, 11) is 1.65. The van der Waals surface area contributed by atoms with Crippen molar-refractivity contribution in [2.45, 2.75) is 4.90 Å². The molecule has 4 nitrogen and oxygen atoms in total. The van der Waals surface area contributed by atoms with Gasteiger partial charge in [0.15, 0.2) is 0 Å². The molecular formula is C13H20ClNO3S. The van der Waals surface area contributed by atoms with Crippen LogP contribution in [0.4, 0.5) is 5.69 Å². The fourth-order valence-corrected chi connectivity index (χ4v) is 2.44. The molecule has 0 aliphatic heterocycles. The van der Waals surface area contributed by atoms with Crippen LogP contribution in [0.1, 0.15) is 0 Å². The van der Waals surface area contributed by atoms with Gasteiger partial charge < -0.3 is 19.9 Å². The Kier molecular flexibility index (Phi) is 9.03. The van der Waals surface area contributed by atoms with Gasteiger partial charge in [0, 0.05) is 23.4 Å². The minimum atomic E-state index is 0.594. The van der Waals surface area contributed by atoms with Gasteiger partial charge in [-0.25, -0.2) is 0 Å². The van der Waals surface area contributed by atoms with E-state index in [1.54, 1.807) is 24.9 Å². The lowest BCUT2D eigenvalue weighted by molar-refractivity contribution is 0.0286. The maximum Gasteiger partial charge on any atom is 0.0701 e. The molecule has 6 heteroatoms. The summed E-state index contributed by atoms with van der Waals surface area (Å²) in [6.45, 7) is 3.08. The largest absolute Gasteiger partial charge is 0.399 e. The molecule has 0 heterocycles. The summed E-state index contributed by atoms with van der Waals surface area (Å²) in [5, 5.41) is 0.688. The lowest BCUT2D eigenvalue weighted by Crippen LogP contribution is -2.09. The molecule has 19 heavy (non-hydrogen) atoms. The first-order chi connectivity index (χ1) is 9.24. The average Bonchev–Trinajstić information content (AvgIpc) is 2.39. The highest BCUT2D eigenvalue weighted by atomic mass is 35.5. The Morgan fingerprint density at radius 3 is 2.47 bits per heavy atom. The molecule has 1 aromatic carbocycles. The molecule has 1 aromatic rings. The van der Waals surface area contributed by atoms with Gasteiger partial charge in [0.05, 0.1) is 38.1 Å². The predicted molar refractivity (Wildman–Crippen MR) is 80.1 cm³/mol. The van der Waals surface area contributed by atoms with E-state index in [4.69, 9.17) is 31.5 Å². The van der Waals surface area contributed by atoms with Gasteiger partial charge in [-0.2, -0.15) is 0 Å². The molecule has 0 spiro atoms. The summed E-state index contributed by atoms with van der Waals surface area (Å²) in [4.78, 5) is 1.02. The summed E-state index contributed by atoms with van der Waals surface area (Å²) in [5.74, 6) is 0.849. The van der Waals surface area contributed by atoms with Gasteiger partial charge in [0.25, 0.3) is 0 Å². The van der Waals surface area contributed by atoms with Crippen molar-refractivity contribution < 1.29 is 14.2 Å². The highest BCUT2D eigenvalue weighted by Crippen LogP contribution is 2.28. The number of benzene rings is 1. The number of halogens is 1. The first-order valence-electron chi connectivity index (χ1n) is 6.06. The van der Waals surface area contributed by atoms with E-state index in [0.29, 0.717) is 43.7 Å². The van der Waals surface area contributed by atoms with Crippen LogP contribution in [0, 0.1) is 0 Å². The Labute approximate surface area is 123 Å². The van der Waals surface area contributed by atoms with Crippen LogP contribution in [0.15, 0.2) is 23.1 Å². The van der Waals surface area contributed by atoms with Gasteiger partial charge in [-0.1, -0.05) is 11.6 Å². The molecule has 0 amide bonds. The van der Waals surface area contributed by atoms with Gasteiger partial charge in [-0.3, -0.25) is 0 Å². The molecule has 0 aliphatic rings. The van der Waals surface area contributed by atoms with E-state index in [0.717, 1.165) is 10.6 Å². The summed E-state index contributed by atoms with van der Waals surface area (Å²) in [5.41, 5.74) is 6.31. The summed E-state index contributed by atoms with van der Waals surface area (Å²) in [6, 6.07) is 5.53. The molecule has 1 rings (SSSR count). The van der Waals surface area contributed by atoms with Crippen LogP contribution >= 0.6 is 23.4 Å². The number of thioether (sulfide) groups is 1. The average molecular weight is 306 g/mol. The van der Waals surface area contributed by atoms with Crippen molar-refractivity contribution in [3.63, 3.8) is 0 Å². The van der Waals surface area contributed by atoms with Gasteiger partial charge >= 0.3 is 0 Å². The molecule has 0 radical (unpaired) electrons. The van der Waals surface area contributed by atoms with E-state index < -0.39 is 0 Å². The lowest BCUT2D eigenvalue weighted by atomic mass is 10.3. The second kappa shape index (κ2) is 10.3. The van der Waals surface area contributed by atoms with Gasteiger partial charge in [-0.15, -0.1) is 11.8 Å². The van der Waals surface area contributed by atoms with Crippen molar-refractivity contribution >= 4 is 29.1 Å². The van der Waals surface area contributed by atoms with Crippen LogP contribution in [0.25, 0.3) is 0 Å². The lowest BCUT2D eigenvalue weighted by Gasteiger charge is -2.07. The van der Waals surface area contributed by atoms with Crippen molar-refractivity contribution in [2.75, 3.05) is 51.6 Å². The number of hydrogen-bond donors (Lipinski definition) is 1. The van der Waals surface area contributed by atoms with Crippen LogP contribution < -0.4 is 5.73 Å². The van der Waals surface area contributed by atoms with Crippen LogP contribution in [-0.4, -0.2) is 45.9 Å². The molecule has 0 saturated carbocycles. The summed E-state index contributed by atoms with van der Waals surface area (Å²) in [6.07, 6.45) is 0. The zero-order chi connectivity index (χ0) is 13.9. The Morgan fingerprint density at radius 1 is 1.11 bits per heavy atom. The molecule has 0 unspecified atom stereocenters. The zero-order valence-electron chi connectivity index (χ0n) is 11.1. The summed E-state index contributed by atoms with van der Waals surface area (Å²) < 4.78 is 15.6. The second-order valence-electron chi connectivity index (χ2n) is 3.76. The molecule has 2 N–H and O–H groups in total. The monoisotopic (exact) mass is 305 g/mol. The highest BCUT2D eigenvalue weighted by Gasteiger charge is 2.01.